The van der Waals surface area contributed by atoms with E-state index in [0.717, 1.165) is 30.8 Å². The van der Waals surface area contributed by atoms with E-state index in [1.165, 1.54) is 40.8 Å². The number of hydrogen-bond acceptors (Lipinski definition) is 6. The highest BCUT2D eigenvalue weighted by Crippen LogP contribution is 2.34. The maximum Gasteiger partial charge on any atom is 0.283 e. The predicted octanol–water partition coefficient (Wildman–Crippen LogP) is 5.29. The molecule has 1 aromatic carbocycles. The molecule has 2 aliphatic rings. The third-order valence-electron chi connectivity index (χ3n) is 5.33. The van der Waals surface area contributed by atoms with Crippen LogP contribution >= 0.6 is 34.7 Å². The quantitative estimate of drug-likeness (QED) is 0.535. The Labute approximate surface area is 200 Å². The molecule has 32 heavy (non-hydrogen) atoms. The first kappa shape index (κ1) is 22.9. The molecule has 0 aliphatic carbocycles. The first-order valence-electron chi connectivity index (χ1n) is 10.5. The summed E-state index contributed by atoms with van der Waals surface area (Å²) in [7, 11) is 1.54. The molecule has 1 aromatic heterocycles. The molecule has 0 unspecified atom stereocenters. The van der Waals surface area contributed by atoms with Crippen LogP contribution in [0.4, 0.5) is 5.69 Å². The van der Waals surface area contributed by atoms with E-state index in [1.54, 1.807) is 31.4 Å². The molecule has 0 N–H and O–H groups in total. The molecule has 0 bridgehead atoms. The number of carbonyl (C=O) groups is 2. The van der Waals surface area contributed by atoms with Gasteiger partial charge in [0.25, 0.3) is 5.91 Å². The maximum atomic E-state index is 13.3. The molecule has 1 fully saturated rings. The Morgan fingerprint density at radius 1 is 1.25 bits per heavy atom. The lowest BCUT2D eigenvalue weighted by Crippen LogP contribution is -2.35. The van der Waals surface area contributed by atoms with Gasteiger partial charge < -0.3 is 9.64 Å². The van der Waals surface area contributed by atoms with Crippen molar-refractivity contribution in [2.45, 2.75) is 25.7 Å². The van der Waals surface area contributed by atoms with Gasteiger partial charge in [-0.2, -0.15) is 0 Å². The van der Waals surface area contributed by atoms with Crippen LogP contribution in [0.15, 0.2) is 46.4 Å². The zero-order chi connectivity index (χ0) is 22.5. The summed E-state index contributed by atoms with van der Waals surface area (Å²) in [6.07, 6.45) is 6.19. The number of thioether (sulfide) groups is 1. The van der Waals surface area contributed by atoms with Gasteiger partial charge in [-0.05, 0) is 48.6 Å². The van der Waals surface area contributed by atoms with Crippen LogP contribution in [0, 0.1) is 0 Å². The zero-order valence-electron chi connectivity index (χ0n) is 17.8. The van der Waals surface area contributed by atoms with Crippen molar-refractivity contribution in [3.05, 3.63) is 51.3 Å². The van der Waals surface area contributed by atoms with Gasteiger partial charge in [-0.1, -0.05) is 42.3 Å². The van der Waals surface area contributed by atoms with Gasteiger partial charge in [0.1, 0.15) is 11.4 Å². The molecule has 2 aromatic rings. The summed E-state index contributed by atoms with van der Waals surface area (Å²) in [4.78, 5) is 35.0. The van der Waals surface area contributed by atoms with Crippen LogP contribution < -0.4 is 9.64 Å². The summed E-state index contributed by atoms with van der Waals surface area (Å²) in [5.41, 5.74) is 0.924. The van der Waals surface area contributed by atoms with E-state index in [4.69, 9.17) is 16.3 Å². The SMILES string of the molecule is COc1ccc(N2C(=O)C(=Cc3cccs3)N=C2SCC(=O)N2CCCCCC2)cc1Cl. The van der Waals surface area contributed by atoms with Crippen molar-refractivity contribution in [1.29, 1.82) is 0 Å². The standard InChI is InChI=1S/C23H24ClN3O3S2/c1-30-20-9-8-16(13-18(20)24)27-22(29)19(14-17-7-6-12-31-17)25-23(27)32-15-21(28)26-10-4-2-3-5-11-26/h6-9,12-14H,2-5,10-11,15H2,1H3. The van der Waals surface area contributed by atoms with Gasteiger partial charge in [0, 0.05) is 18.0 Å². The number of benzene rings is 1. The van der Waals surface area contributed by atoms with Gasteiger partial charge in [0.2, 0.25) is 5.91 Å². The van der Waals surface area contributed by atoms with E-state index in [1.807, 2.05) is 22.4 Å². The molecular formula is C23H24ClN3O3S2. The topological polar surface area (TPSA) is 62.2 Å². The summed E-state index contributed by atoms with van der Waals surface area (Å²) in [6.45, 7) is 1.60. The molecule has 0 radical (unpaired) electrons. The van der Waals surface area contributed by atoms with Gasteiger partial charge >= 0.3 is 0 Å². The smallest absolute Gasteiger partial charge is 0.283 e. The molecule has 0 spiro atoms. The normalized spacial score (nSPS) is 18.1. The Balaban J connectivity index is 1.58. The molecular weight excluding hydrogens is 466 g/mol. The summed E-state index contributed by atoms with van der Waals surface area (Å²) in [5.74, 6) is 0.595. The third kappa shape index (κ3) is 5.19. The number of thiophene rings is 1. The van der Waals surface area contributed by atoms with Crippen LogP contribution in [-0.2, 0) is 9.59 Å². The average molecular weight is 490 g/mol. The number of carbonyl (C=O) groups excluding carboxylic acids is 2. The van der Waals surface area contributed by atoms with E-state index >= 15 is 0 Å². The second kappa shape index (κ2) is 10.6. The lowest BCUT2D eigenvalue weighted by Gasteiger charge is -2.22. The second-order valence-electron chi connectivity index (χ2n) is 7.48. The van der Waals surface area contributed by atoms with Crippen LogP contribution in [0.5, 0.6) is 5.75 Å². The summed E-state index contributed by atoms with van der Waals surface area (Å²) >= 11 is 9.13. The highest BCUT2D eigenvalue weighted by atomic mass is 35.5. The first-order valence-corrected chi connectivity index (χ1v) is 12.7. The Hall–Kier alpha value is -2.29. The van der Waals surface area contributed by atoms with E-state index < -0.39 is 0 Å². The van der Waals surface area contributed by atoms with Crippen molar-refractivity contribution in [3.8, 4) is 5.75 Å². The van der Waals surface area contributed by atoms with Crippen molar-refractivity contribution in [2.75, 3.05) is 30.9 Å². The molecule has 0 atom stereocenters. The Kier molecular flexibility index (Phi) is 7.55. The largest absolute Gasteiger partial charge is 0.495 e. The van der Waals surface area contributed by atoms with E-state index in [2.05, 4.69) is 4.99 Å². The summed E-state index contributed by atoms with van der Waals surface area (Å²) in [5, 5.41) is 2.83. The van der Waals surface area contributed by atoms with Gasteiger partial charge in [0.05, 0.1) is 23.6 Å². The Morgan fingerprint density at radius 3 is 2.69 bits per heavy atom. The molecule has 6 nitrogen and oxygen atoms in total. The minimum atomic E-state index is -0.246. The van der Waals surface area contributed by atoms with E-state index in [-0.39, 0.29) is 17.6 Å². The number of aliphatic imine (C=N–C) groups is 1. The number of hydrogen-bond donors (Lipinski definition) is 0. The Bertz CT molecular complexity index is 1040. The number of halogens is 1. The minimum Gasteiger partial charge on any atom is -0.495 e. The lowest BCUT2D eigenvalue weighted by atomic mass is 10.2. The molecule has 4 rings (SSSR count). The lowest BCUT2D eigenvalue weighted by molar-refractivity contribution is -0.128. The van der Waals surface area contributed by atoms with E-state index in [9.17, 15) is 9.59 Å². The van der Waals surface area contributed by atoms with Crippen molar-refractivity contribution in [1.82, 2.24) is 4.90 Å². The fourth-order valence-electron chi connectivity index (χ4n) is 3.66. The first-order chi connectivity index (χ1) is 15.6. The fourth-order valence-corrected chi connectivity index (χ4v) is 5.48. The maximum absolute atomic E-state index is 13.3. The van der Waals surface area contributed by atoms with Gasteiger partial charge in [-0.3, -0.25) is 14.5 Å². The summed E-state index contributed by atoms with van der Waals surface area (Å²) in [6, 6.07) is 9.03. The number of rotatable bonds is 5. The predicted molar refractivity (Wildman–Crippen MR) is 133 cm³/mol. The van der Waals surface area contributed by atoms with Crippen LogP contribution in [-0.4, -0.2) is 47.8 Å². The molecule has 9 heteroatoms. The number of likely N-dealkylation sites (tertiary alicyclic amines) is 1. The average Bonchev–Trinajstić information content (AvgIpc) is 3.30. The fraction of sp³-hybridized carbons (Fsp3) is 0.348. The number of anilines is 1. The van der Waals surface area contributed by atoms with Crippen LogP contribution in [0.2, 0.25) is 5.02 Å². The molecule has 2 amide bonds. The van der Waals surface area contributed by atoms with Crippen LogP contribution in [0.25, 0.3) is 6.08 Å². The zero-order valence-corrected chi connectivity index (χ0v) is 20.1. The van der Waals surface area contributed by atoms with Gasteiger partial charge in [-0.25, -0.2) is 4.99 Å². The van der Waals surface area contributed by atoms with E-state index in [0.29, 0.717) is 27.3 Å². The molecule has 3 heterocycles. The number of amidine groups is 1. The number of ether oxygens (including phenoxy) is 1. The van der Waals surface area contributed by atoms with Crippen molar-refractivity contribution in [2.24, 2.45) is 4.99 Å². The number of amides is 2. The van der Waals surface area contributed by atoms with Crippen molar-refractivity contribution >= 4 is 63.4 Å². The minimum absolute atomic E-state index is 0.0791. The van der Waals surface area contributed by atoms with Crippen LogP contribution in [0.3, 0.4) is 0 Å². The van der Waals surface area contributed by atoms with Crippen molar-refractivity contribution in [3.63, 3.8) is 0 Å². The molecule has 0 saturated carbocycles. The molecule has 168 valence electrons. The highest BCUT2D eigenvalue weighted by molar-refractivity contribution is 8.14. The molecule has 1 saturated heterocycles. The molecule has 2 aliphatic heterocycles. The third-order valence-corrected chi connectivity index (χ3v) is 7.37. The monoisotopic (exact) mass is 489 g/mol. The number of nitrogens with zero attached hydrogens (tertiary/aromatic N) is 3. The summed E-state index contributed by atoms with van der Waals surface area (Å²) < 4.78 is 5.23. The second-order valence-corrected chi connectivity index (χ2v) is 9.81. The van der Waals surface area contributed by atoms with Crippen LogP contribution in [0.1, 0.15) is 30.6 Å². The number of methoxy groups -OCH3 is 1. The van der Waals surface area contributed by atoms with Crippen molar-refractivity contribution < 1.29 is 14.3 Å². The Morgan fingerprint density at radius 2 is 2.03 bits per heavy atom. The van der Waals surface area contributed by atoms with Gasteiger partial charge in [-0.15, -0.1) is 11.3 Å². The van der Waals surface area contributed by atoms with Gasteiger partial charge in [0.15, 0.2) is 5.17 Å². The highest BCUT2D eigenvalue weighted by Gasteiger charge is 2.33.